The Balaban J connectivity index is 0.000000172. The molecule has 8 heteroatoms. The van der Waals surface area contributed by atoms with Gasteiger partial charge >= 0.3 is 0 Å². The van der Waals surface area contributed by atoms with Gasteiger partial charge in [0, 0.05) is 39.4 Å². The molecule has 0 fully saturated rings. The van der Waals surface area contributed by atoms with Crippen LogP contribution in [0.15, 0.2) is 70.4 Å². The number of aryl methyl sites for hydroxylation is 2. The van der Waals surface area contributed by atoms with Crippen LogP contribution in [0, 0.1) is 15.2 Å². The molecule has 0 bridgehead atoms. The van der Waals surface area contributed by atoms with Gasteiger partial charge in [-0.3, -0.25) is 14.6 Å². The van der Waals surface area contributed by atoms with Crippen LogP contribution in [0.5, 0.6) is 0 Å². The molecule has 0 radical (unpaired) electrons. The molecule has 0 aliphatic rings. The van der Waals surface area contributed by atoms with Crippen LogP contribution in [0.3, 0.4) is 0 Å². The number of H-pyrrole nitrogens is 2. The van der Waals surface area contributed by atoms with Gasteiger partial charge in [0.2, 0.25) is 5.43 Å². The average Bonchev–Trinajstić information content (AvgIpc) is 2.87. The first kappa shape index (κ1) is 24.7. The molecule has 0 saturated carbocycles. The minimum atomic E-state index is -0.417. The largest absolute Gasteiger partial charge is 0.358 e. The zero-order valence-corrected chi connectivity index (χ0v) is 21.2. The van der Waals surface area contributed by atoms with E-state index in [0.717, 1.165) is 17.8 Å². The van der Waals surface area contributed by atoms with Gasteiger partial charge in [0.25, 0.3) is 0 Å². The van der Waals surface area contributed by atoms with E-state index < -0.39 is 5.82 Å². The second-order valence-electron chi connectivity index (χ2n) is 7.86. The molecule has 5 aromatic rings. The molecule has 0 spiro atoms. The van der Waals surface area contributed by atoms with Gasteiger partial charge in [-0.2, -0.15) is 0 Å². The molecular weight excluding hydrogens is 563 g/mol. The molecule has 5 rings (SSSR count). The zero-order chi connectivity index (χ0) is 25.1. The Hall–Kier alpha value is -3.40. The van der Waals surface area contributed by atoms with E-state index in [9.17, 15) is 18.4 Å². The fourth-order valence-electron chi connectivity index (χ4n) is 3.89. The van der Waals surface area contributed by atoms with E-state index in [4.69, 9.17) is 0 Å². The van der Waals surface area contributed by atoms with Crippen molar-refractivity contribution in [2.24, 2.45) is 0 Å². The van der Waals surface area contributed by atoms with E-state index in [2.05, 4.69) is 15.0 Å². The van der Waals surface area contributed by atoms with Crippen molar-refractivity contribution in [1.82, 2.24) is 15.0 Å². The van der Waals surface area contributed by atoms with Crippen molar-refractivity contribution < 1.29 is 8.78 Å². The van der Waals surface area contributed by atoms with Gasteiger partial charge in [0.15, 0.2) is 5.43 Å². The van der Waals surface area contributed by atoms with Gasteiger partial charge in [-0.1, -0.05) is 19.9 Å². The topological polar surface area (TPSA) is 78.6 Å². The second-order valence-corrected chi connectivity index (χ2v) is 8.93. The Morgan fingerprint density at radius 2 is 1.37 bits per heavy atom. The highest BCUT2D eigenvalue weighted by Crippen LogP contribution is 2.21. The first-order chi connectivity index (χ1) is 16.8. The molecular formula is C27H22F2IN3O2. The first-order valence-electron chi connectivity index (χ1n) is 11.1. The van der Waals surface area contributed by atoms with Gasteiger partial charge in [0.1, 0.15) is 11.6 Å². The lowest BCUT2D eigenvalue weighted by Crippen LogP contribution is -2.12. The number of nitrogens with one attached hydrogen (secondary N) is 2. The Morgan fingerprint density at radius 3 is 1.91 bits per heavy atom. The molecule has 0 unspecified atom stereocenters. The normalized spacial score (nSPS) is 10.9. The molecule has 0 aliphatic heterocycles. The Labute approximate surface area is 213 Å². The lowest BCUT2D eigenvalue weighted by molar-refractivity contribution is 0.629. The van der Waals surface area contributed by atoms with Gasteiger partial charge in [0.05, 0.1) is 14.8 Å². The minimum Gasteiger partial charge on any atom is -0.358 e. The number of pyridine rings is 3. The summed E-state index contributed by atoms with van der Waals surface area (Å²) in [5.41, 5.74) is 3.90. The number of nitrogens with zero attached hydrogens (tertiary/aromatic N) is 1. The molecule has 0 saturated heterocycles. The van der Waals surface area contributed by atoms with E-state index in [1.54, 1.807) is 30.5 Å². The Bertz CT molecular complexity index is 1650. The van der Waals surface area contributed by atoms with Crippen molar-refractivity contribution in [1.29, 1.82) is 0 Å². The molecule has 3 heterocycles. The van der Waals surface area contributed by atoms with Crippen LogP contribution in [0.2, 0.25) is 0 Å². The van der Waals surface area contributed by atoms with Crippen LogP contribution in [0.4, 0.5) is 8.78 Å². The number of hydrogen-bond donors (Lipinski definition) is 2. The average molecular weight is 585 g/mol. The van der Waals surface area contributed by atoms with Crippen LogP contribution in [0.1, 0.15) is 25.2 Å². The number of aromatic amines is 2. The molecule has 2 N–H and O–H groups in total. The third-order valence-corrected chi connectivity index (χ3v) is 6.79. The monoisotopic (exact) mass is 585 g/mol. The van der Waals surface area contributed by atoms with E-state index >= 15 is 0 Å². The smallest absolute Gasteiger partial charge is 0.203 e. The highest BCUT2D eigenvalue weighted by molar-refractivity contribution is 14.1. The summed E-state index contributed by atoms with van der Waals surface area (Å²) >= 11 is 2.00. The van der Waals surface area contributed by atoms with Gasteiger partial charge in [-0.05, 0) is 84.0 Å². The summed E-state index contributed by atoms with van der Waals surface area (Å²) in [5.74, 6) is -0.799. The summed E-state index contributed by atoms with van der Waals surface area (Å²) in [6.45, 7) is 3.94. The lowest BCUT2D eigenvalue weighted by Gasteiger charge is -2.09. The number of rotatable bonds is 3. The van der Waals surface area contributed by atoms with E-state index in [1.165, 1.54) is 24.3 Å². The maximum absolute atomic E-state index is 13.4. The van der Waals surface area contributed by atoms with Crippen LogP contribution in [-0.4, -0.2) is 15.0 Å². The SMILES string of the molecule is CCc1[nH]c2ccc(F)cc2c(=O)c1-c1ccccn1.CCc1[nH]c2ccc(F)cc2c(=O)c1I. The number of hydrogen-bond acceptors (Lipinski definition) is 3. The van der Waals surface area contributed by atoms with Crippen molar-refractivity contribution in [3.05, 3.63) is 108 Å². The predicted molar refractivity (Wildman–Crippen MR) is 144 cm³/mol. The zero-order valence-electron chi connectivity index (χ0n) is 19.1. The fraction of sp³-hybridized carbons (Fsp3) is 0.148. The standard InChI is InChI=1S/C16H13FN2O.C11H9FINO/c1-2-12-15(14-5-3-4-8-18-14)16(20)11-9-10(17)6-7-13(11)19-12;1-2-8-10(13)11(15)7-5-6(12)3-4-9(7)14-8/h3-9H,2H2,1H3,(H,19,20);3-5H,2H2,1H3,(H,14,15). The fourth-order valence-corrected chi connectivity index (χ4v) is 4.69. The van der Waals surface area contributed by atoms with Crippen molar-refractivity contribution in [2.75, 3.05) is 0 Å². The van der Waals surface area contributed by atoms with Crippen LogP contribution in [0.25, 0.3) is 33.1 Å². The van der Waals surface area contributed by atoms with Gasteiger partial charge in [-0.25, -0.2) is 8.78 Å². The van der Waals surface area contributed by atoms with Crippen molar-refractivity contribution in [3.63, 3.8) is 0 Å². The molecule has 3 aromatic heterocycles. The number of benzene rings is 2. The molecule has 5 nitrogen and oxygen atoms in total. The predicted octanol–water partition coefficient (Wildman–Crippen LogP) is 6.13. The highest BCUT2D eigenvalue weighted by atomic mass is 127. The third-order valence-electron chi connectivity index (χ3n) is 5.64. The van der Waals surface area contributed by atoms with E-state index in [0.29, 0.717) is 43.1 Å². The first-order valence-corrected chi connectivity index (χ1v) is 12.2. The minimum absolute atomic E-state index is 0.0966. The van der Waals surface area contributed by atoms with Crippen LogP contribution in [-0.2, 0) is 12.8 Å². The van der Waals surface area contributed by atoms with E-state index in [-0.39, 0.29) is 16.7 Å². The Morgan fingerprint density at radius 1 is 0.800 bits per heavy atom. The molecule has 0 atom stereocenters. The Kier molecular flexibility index (Phi) is 7.39. The van der Waals surface area contributed by atoms with Crippen molar-refractivity contribution >= 4 is 44.4 Å². The molecule has 0 aliphatic carbocycles. The van der Waals surface area contributed by atoms with Gasteiger partial charge in [-0.15, -0.1) is 0 Å². The number of halogens is 3. The number of aromatic nitrogens is 3. The number of fused-ring (bicyclic) bond motifs is 2. The van der Waals surface area contributed by atoms with Crippen molar-refractivity contribution in [3.8, 4) is 11.3 Å². The second kappa shape index (κ2) is 10.5. The summed E-state index contributed by atoms with van der Waals surface area (Å²) < 4.78 is 27.0. The lowest BCUT2D eigenvalue weighted by atomic mass is 10.0. The highest BCUT2D eigenvalue weighted by Gasteiger charge is 2.14. The van der Waals surface area contributed by atoms with Crippen LogP contribution >= 0.6 is 22.6 Å². The van der Waals surface area contributed by atoms with Crippen molar-refractivity contribution in [2.45, 2.75) is 26.7 Å². The maximum atomic E-state index is 13.4. The summed E-state index contributed by atoms with van der Waals surface area (Å²) in [6, 6.07) is 13.8. The molecule has 2 aromatic carbocycles. The molecule has 178 valence electrons. The van der Waals surface area contributed by atoms with E-state index in [1.807, 2.05) is 42.5 Å². The summed E-state index contributed by atoms with van der Waals surface area (Å²) in [4.78, 5) is 35.1. The third kappa shape index (κ3) is 5.02. The van der Waals surface area contributed by atoms with Gasteiger partial charge < -0.3 is 9.97 Å². The molecule has 0 amide bonds. The maximum Gasteiger partial charge on any atom is 0.203 e. The van der Waals surface area contributed by atoms with Crippen LogP contribution < -0.4 is 10.9 Å². The summed E-state index contributed by atoms with van der Waals surface area (Å²) in [6.07, 6.45) is 3.08. The summed E-state index contributed by atoms with van der Waals surface area (Å²) in [5, 5.41) is 0.763. The quantitative estimate of drug-likeness (QED) is 0.251. The molecule has 35 heavy (non-hydrogen) atoms. The summed E-state index contributed by atoms with van der Waals surface area (Å²) in [7, 11) is 0.